The van der Waals surface area contributed by atoms with Gasteiger partial charge in [0.1, 0.15) is 22.5 Å². The first-order chi connectivity index (χ1) is 9.04. The van der Waals surface area contributed by atoms with Crippen molar-refractivity contribution in [3.05, 3.63) is 35.9 Å². The highest BCUT2D eigenvalue weighted by atomic mass is 31.0. The zero-order valence-electron chi connectivity index (χ0n) is 10.3. The summed E-state index contributed by atoms with van der Waals surface area (Å²) < 4.78 is 0. The number of nitrogens with zero attached hydrogens (tertiary/aromatic N) is 3. The number of hydrogen-bond acceptors (Lipinski definition) is 3. The van der Waals surface area contributed by atoms with Crippen LogP contribution in [0.3, 0.4) is 0 Å². The topological polar surface area (TPSA) is 50.9 Å². The van der Waals surface area contributed by atoms with E-state index >= 15 is 0 Å². The Kier molecular flexibility index (Phi) is 3.00. The van der Waals surface area contributed by atoms with Gasteiger partial charge in [0, 0.05) is 0 Å². The molecular formula is C13H13N3OP2. The summed E-state index contributed by atoms with van der Waals surface area (Å²) in [6, 6.07) is 9.55. The van der Waals surface area contributed by atoms with Crippen LogP contribution < -0.4 is 10.6 Å². The lowest BCUT2D eigenvalue weighted by molar-refractivity contribution is 0.464. The Morgan fingerprint density at radius 1 is 1.00 bits per heavy atom. The molecule has 1 aromatic heterocycles. The van der Waals surface area contributed by atoms with Gasteiger partial charge in [-0.25, -0.2) is 0 Å². The normalized spacial score (nSPS) is 11.1. The van der Waals surface area contributed by atoms with Gasteiger partial charge in [-0.15, -0.1) is 33.5 Å². The van der Waals surface area contributed by atoms with Gasteiger partial charge >= 0.3 is 0 Å². The van der Waals surface area contributed by atoms with Crippen molar-refractivity contribution in [2.45, 2.75) is 6.92 Å². The molecule has 2 atom stereocenters. The molecule has 0 spiro atoms. The number of benzene rings is 2. The van der Waals surface area contributed by atoms with E-state index in [2.05, 4.69) is 28.7 Å². The van der Waals surface area contributed by atoms with E-state index in [1.54, 1.807) is 0 Å². The SMILES string of the molecule is Cc1cc(P)cc(-n2nc3ccc(P)cc3n2)c1O. The number of fused-ring (bicyclic) bond motifs is 1. The number of rotatable bonds is 1. The number of aryl methyl sites for hydroxylation is 1. The smallest absolute Gasteiger partial charge is 0.146 e. The van der Waals surface area contributed by atoms with Gasteiger partial charge in [0.05, 0.1) is 0 Å². The molecule has 96 valence electrons. The van der Waals surface area contributed by atoms with Crippen LogP contribution >= 0.6 is 18.5 Å². The first kappa shape index (κ1) is 12.5. The van der Waals surface area contributed by atoms with Crippen molar-refractivity contribution in [3.8, 4) is 11.4 Å². The maximum absolute atomic E-state index is 10.1. The predicted molar refractivity (Wildman–Crippen MR) is 84.0 cm³/mol. The summed E-state index contributed by atoms with van der Waals surface area (Å²) in [4.78, 5) is 1.48. The van der Waals surface area contributed by atoms with E-state index in [9.17, 15) is 5.11 Å². The van der Waals surface area contributed by atoms with Crippen molar-refractivity contribution in [2.75, 3.05) is 0 Å². The number of hydrogen-bond donors (Lipinski definition) is 1. The largest absolute Gasteiger partial charge is 0.505 e. The van der Waals surface area contributed by atoms with E-state index in [-0.39, 0.29) is 5.75 Å². The molecule has 0 amide bonds. The Bertz CT molecular complexity index is 783. The fourth-order valence-corrected chi connectivity index (χ4v) is 2.64. The average molecular weight is 289 g/mol. The van der Waals surface area contributed by atoms with Gasteiger partial charge in [0.2, 0.25) is 0 Å². The lowest BCUT2D eigenvalue weighted by atomic mass is 10.2. The highest BCUT2D eigenvalue weighted by Crippen LogP contribution is 2.25. The minimum absolute atomic E-state index is 0.206. The molecule has 0 saturated heterocycles. The summed E-state index contributed by atoms with van der Waals surface area (Å²) in [6.45, 7) is 1.86. The first-order valence-electron chi connectivity index (χ1n) is 5.76. The second-order valence-electron chi connectivity index (χ2n) is 4.44. The maximum atomic E-state index is 10.1. The van der Waals surface area contributed by atoms with E-state index in [0.717, 1.165) is 27.2 Å². The first-order valence-corrected chi connectivity index (χ1v) is 6.92. The van der Waals surface area contributed by atoms with Crippen molar-refractivity contribution >= 4 is 40.1 Å². The van der Waals surface area contributed by atoms with Gasteiger partial charge in [-0.2, -0.15) is 0 Å². The third-order valence-corrected chi connectivity index (χ3v) is 3.62. The summed E-state index contributed by atoms with van der Waals surface area (Å²) in [5.74, 6) is 0.206. The van der Waals surface area contributed by atoms with Crippen LogP contribution in [0.25, 0.3) is 16.7 Å². The molecule has 1 heterocycles. The second kappa shape index (κ2) is 4.56. The number of aromatic nitrogens is 3. The molecule has 0 fully saturated rings. The molecule has 2 aromatic carbocycles. The molecule has 3 aromatic rings. The van der Waals surface area contributed by atoms with Gasteiger partial charge < -0.3 is 5.11 Å². The van der Waals surface area contributed by atoms with Gasteiger partial charge in [-0.3, -0.25) is 0 Å². The Morgan fingerprint density at radius 3 is 2.53 bits per heavy atom. The van der Waals surface area contributed by atoms with E-state index in [1.807, 2.05) is 37.3 Å². The van der Waals surface area contributed by atoms with E-state index in [0.29, 0.717) is 5.69 Å². The standard InChI is InChI=1S/C13H13N3OP2/c1-7-4-9(19)6-12(13(7)17)16-14-10-3-2-8(18)5-11(10)15-16/h2-6,17H,18-19H2,1H3. The average Bonchev–Trinajstić information content (AvgIpc) is 2.76. The van der Waals surface area contributed by atoms with E-state index in [4.69, 9.17) is 0 Å². The van der Waals surface area contributed by atoms with Crippen LogP contribution in [0, 0.1) is 6.92 Å². The second-order valence-corrected chi connectivity index (χ2v) is 5.78. The maximum Gasteiger partial charge on any atom is 0.146 e. The van der Waals surface area contributed by atoms with Crippen molar-refractivity contribution in [3.63, 3.8) is 0 Å². The summed E-state index contributed by atoms with van der Waals surface area (Å²) in [5, 5.41) is 21.0. The third-order valence-electron chi connectivity index (χ3n) is 2.92. The summed E-state index contributed by atoms with van der Waals surface area (Å²) in [5.41, 5.74) is 3.00. The molecule has 0 aliphatic rings. The highest BCUT2D eigenvalue weighted by Gasteiger charge is 2.11. The Hall–Kier alpha value is -1.50. The lowest BCUT2D eigenvalue weighted by Gasteiger charge is -2.07. The molecule has 0 saturated carbocycles. The van der Waals surface area contributed by atoms with Gasteiger partial charge in [-0.1, -0.05) is 6.07 Å². The predicted octanol–water partition coefficient (Wildman–Crippen LogP) is 1.44. The van der Waals surface area contributed by atoms with Crippen LogP contribution in [0.15, 0.2) is 30.3 Å². The summed E-state index contributed by atoms with van der Waals surface area (Å²) in [7, 11) is 5.26. The zero-order chi connectivity index (χ0) is 13.6. The fourth-order valence-electron chi connectivity index (χ4n) is 1.98. The molecule has 6 heteroatoms. The van der Waals surface area contributed by atoms with Crippen molar-refractivity contribution in [1.29, 1.82) is 0 Å². The molecule has 19 heavy (non-hydrogen) atoms. The molecule has 2 unspecified atom stereocenters. The van der Waals surface area contributed by atoms with Gasteiger partial charge in [0.25, 0.3) is 0 Å². The van der Waals surface area contributed by atoms with E-state index in [1.165, 1.54) is 4.80 Å². The minimum Gasteiger partial charge on any atom is -0.505 e. The Balaban J connectivity index is 2.24. The molecule has 4 nitrogen and oxygen atoms in total. The zero-order valence-corrected chi connectivity index (χ0v) is 12.6. The van der Waals surface area contributed by atoms with Crippen molar-refractivity contribution in [2.24, 2.45) is 0 Å². The molecule has 3 rings (SSSR count). The molecule has 0 aliphatic heterocycles. The highest BCUT2D eigenvalue weighted by molar-refractivity contribution is 7.27. The molecule has 0 bridgehead atoms. The summed E-state index contributed by atoms with van der Waals surface area (Å²) >= 11 is 0. The van der Waals surface area contributed by atoms with Crippen molar-refractivity contribution in [1.82, 2.24) is 15.0 Å². The summed E-state index contributed by atoms with van der Waals surface area (Å²) in [6.07, 6.45) is 0. The minimum atomic E-state index is 0.206. The van der Waals surface area contributed by atoms with Crippen LogP contribution in [0.5, 0.6) is 5.75 Å². The lowest BCUT2D eigenvalue weighted by Crippen LogP contribution is -2.04. The quantitative estimate of drug-likeness (QED) is 0.690. The third kappa shape index (κ3) is 2.22. The van der Waals surface area contributed by atoms with Crippen LogP contribution in [-0.4, -0.2) is 20.1 Å². The van der Waals surface area contributed by atoms with Gasteiger partial charge in [-0.05, 0) is 47.4 Å². The van der Waals surface area contributed by atoms with E-state index < -0.39 is 0 Å². The number of phenolic OH excluding ortho intramolecular Hbond substituents is 1. The number of phenols is 1. The molecule has 1 N–H and O–H groups in total. The van der Waals surface area contributed by atoms with Crippen LogP contribution in [0.1, 0.15) is 5.56 Å². The van der Waals surface area contributed by atoms with Crippen LogP contribution in [-0.2, 0) is 0 Å². The molecule has 0 aliphatic carbocycles. The molecule has 0 radical (unpaired) electrons. The van der Waals surface area contributed by atoms with Crippen LogP contribution in [0.2, 0.25) is 0 Å². The van der Waals surface area contributed by atoms with Crippen molar-refractivity contribution < 1.29 is 5.11 Å². The Morgan fingerprint density at radius 2 is 1.74 bits per heavy atom. The fraction of sp³-hybridized carbons (Fsp3) is 0.0769. The monoisotopic (exact) mass is 289 g/mol. The Labute approximate surface area is 115 Å². The molecular weight excluding hydrogens is 276 g/mol. The van der Waals surface area contributed by atoms with Crippen LogP contribution in [0.4, 0.5) is 0 Å². The number of aromatic hydroxyl groups is 1. The van der Waals surface area contributed by atoms with Gasteiger partial charge in [0.15, 0.2) is 0 Å².